The summed E-state index contributed by atoms with van der Waals surface area (Å²) in [6.45, 7) is 10.9. The van der Waals surface area contributed by atoms with Gasteiger partial charge in [0.1, 0.15) is 23.0 Å². The quantitative estimate of drug-likeness (QED) is 0.181. The molecule has 3 heterocycles. The van der Waals surface area contributed by atoms with Crippen molar-refractivity contribution >= 4 is 11.9 Å². The molecule has 0 saturated carbocycles. The Morgan fingerprint density at radius 2 is 0.932 bits per heavy atom. The molecule has 0 amide bonds. The fraction of sp³-hybridized carbons (Fsp3) is 0.419. The summed E-state index contributed by atoms with van der Waals surface area (Å²) in [4.78, 5) is 31.4. The molecule has 0 fully saturated rings. The highest BCUT2D eigenvalue weighted by atomic mass is 16.5. The van der Waals surface area contributed by atoms with E-state index >= 15 is 0 Å². The van der Waals surface area contributed by atoms with Crippen LogP contribution in [0.15, 0.2) is 42.5 Å². The number of fused-ring (bicyclic) bond motifs is 8. The van der Waals surface area contributed by atoms with Crippen molar-refractivity contribution in [2.45, 2.75) is 60.0 Å². The van der Waals surface area contributed by atoms with Crippen LogP contribution in [0, 0.1) is 0 Å². The van der Waals surface area contributed by atoms with Crippen LogP contribution >= 0.6 is 0 Å². The molecule has 0 aliphatic carbocycles. The minimum absolute atomic E-state index is 0.00746. The van der Waals surface area contributed by atoms with Gasteiger partial charge in [-0.25, -0.2) is 0 Å². The van der Waals surface area contributed by atoms with Crippen LogP contribution in [-0.2, 0) is 6.61 Å². The van der Waals surface area contributed by atoms with Crippen molar-refractivity contribution in [1.29, 1.82) is 0 Å². The number of ether oxygens (including phenoxy) is 4. The predicted molar refractivity (Wildman–Crippen MR) is 164 cm³/mol. The number of aliphatic hydroxyl groups is 1. The zero-order chi connectivity index (χ0) is 30.9. The average Bonchev–Trinajstić information content (AvgIpc) is 3.00. The lowest BCUT2D eigenvalue weighted by molar-refractivity contribution is 0.268. The summed E-state index contributed by atoms with van der Waals surface area (Å²) < 4.78 is 24.6. The Bertz CT molecular complexity index is 1440. The number of benzene rings is 2. The molecular weight excluding hydrogens is 564 g/mol. The van der Waals surface area contributed by atoms with Crippen molar-refractivity contribution in [3.63, 3.8) is 0 Å². The third-order valence-corrected chi connectivity index (χ3v) is 6.58. The van der Waals surface area contributed by atoms with E-state index < -0.39 is 6.61 Å². The second-order valence-corrected chi connectivity index (χ2v) is 10.1. The van der Waals surface area contributed by atoms with Crippen LogP contribution in [0.25, 0.3) is 0 Å². The molecule has 0 atom stereocenters. The van der Waals surface area contributed by atoms with Gasteiger partial charge < -0.3 is 33.9 Å². The Hall–Kier alpha value is -4.78. The van der Waals surface area contributed by atoms with E-state index in [1.165, 1.54) is 0 Å². The van der Waals surface area contributed by atoms with E-state index in [2.05, 4.69) is 67.4 Å². The lowest BCUT2D eigenvalue weighted by Gasteiger charge is -2.22. The standard InChI is InChI=1S/C31H38N8O5/c1-5-15-38(16-6-2)26-32-28-36-30(34-26)43-24-13-10-14-25(23(24)20-40)44-31-35-27(39(17-7-3)18-8-4)33-29(37-31)42-22-12-9-11-21(19-22)41-28/h9-14,19,40H,5-8,15-18,20H2,1-4H3. The van der Waals surface area contributed by atoms with Gasteiger partial charge in [0.2, 0.25) is 11.9 Å². The fourth-order valence-electron chi connectivity index (χ4n) is 4.73. The zero-order valence-electron chi connectivity index (χ0n) is 25.6. The summed E-state index contributed by atoms with van der Waals surface area (Å²) >= 11 is 0. The van der Waals surface area contributed by atoms with Gasteiger partial charge >= 0.3 is 24.0 Å². The van der Waals surface area contributed by atoms with E-state index in [-0.39, 0.29) is 24.0 Å². The summed E-state index contributed by atoms with van der Waals surface area (Å²) in [7, 11) is 0. The average molecular weight is 603 g/mol. The molecule has 232 valence electrons. The van der Waals surface area contributed by atoms with Gasteiger partial charge in [-0.15, -0.1) is 9.97 Å². The maximum Gasteiger partial charge on any atom is 0.330 e. The van der Waals surface area contributed by atoms with Crippen molar-refractivity contribution in [3.05, 3.63) is 48.0 Å². The van der Waals surface area contributed by atoms with Crippen molar-refractivity contribution in [2.24, 2.45) is 0 Å². The van der Waals surface area contributed by atoms with Crippen molar-refractivity contribution in [3.8, 4) is 47.0 Å². The van der Waals surface area contributed by atoms with Crippen molar-refractivity contribution in [1.82, 2.24) is 29.9 Å². The second kappa shape index (κ2) is 14.6. The van der Waals surface area contributed by atoms with Crippen LogP contribution in [0.1, 0.15) is 58.9 Å². The molecule has 0 saturated heterocycles. The summed E-state index contributed by atoms with van der Waals surface area (Å²) in [5, 5.41) is 10.4. The van der Waals surface area contributed by atoms with E-state index in [0.29, 0.717) is 40.5 Å². The molecule has 0 unspecified atom stereocenters. The summed E-state index contributed by atoms with van der Waals surface area (Å²) in [6, 6.07) is 12.2. The highest BCUT2D eigenvalue weighted by molar-refractivity contribution is 5.47. The van der Waals surface area contributed by atoms with Gasteiger partial charge in [0.15, 0.2) is 0 Å². The molecule has 1 N–H and O–H groups in total. The first-order valence-electron chi connectivity index (χ1n) is 15.1. The smallest absolute Gasteiger partial charge is 0.330 e. The predicted octanol–water partition coefficient (Wildman–Crippen LogP) is 6.28. The number of hydrogen-bond donors (Lipinski definition) is 1. The van der Waals surface area contributed by atoms with Gasteiger partial charge in [-0.05, 0) is 49.9 Å². The molecule has 2 aromatic heterocycles. The molecule has 5 rings (SSSR count). The van der Waals surface area contributed by atoms with Gasteiger partial charge in [0.25, 0.3) is 0 Å². The van der Waals surface area contributed by atoms with Crippen LogP contribution in [-0.4, -0.2) is 61.2 Å². The van der Waals surface area contributed by atoms with Crippen molar-refractivity contribution in [2.75, 3.05) is 36.0 Å². The first-order chi connectivity index (χ1) is 21.5. The van der Waals surface area contributed by atoms with Gasteiger partial charge in [-0.3, -0.25) is 0 Å². The Kier molecular flexibility index (Phi) is 10.2. The van der Waals surface area contributed by atoms with E-state index in [1.54, 1.807) is 42.5 Å². The molecule has 13 nitrogen and oxygen atoms in total. The maximum atomic E-state index is 10.4. The third kappa shape index (κ3) is 7.40. The molecule has 1 aliphatic heterocycles. The summed E-state index contributed by atoms with van der Waals surface area (Å²) in [5.41, 5.74) is 0.358. The molecule has 1 aliphatic rings. The SMILES string of the molecule is CCCN(CCC)c1nc2nc(n1)Oc1cccc(c1CO)Oc1nc(nc(N(CCC)CCC)n1)Oc1cccc(c1)O2. The Morgan fingerprint density at radius 1 is 0.545 bits per heavy atom. The molecule has 0 radical (unpaired) electrons. The largest absolute Gasteiger partial charge is 0.424 e. The topological polar surface area (TPSA) is 141 Å². The lowest BCUT2D eigenvalue weighted by atomic mass is 10.2. The van der Waals surface area contributed by atoms with E-state index in [0.717, 1.165) is 51.9 Å². The Balaban J connectivity index is 1.65. The first-order valence-corrected chi connectivity index (χ1v) is 15.1. The van der Waals surface area contributed by atoms with E-state index in [1.807, 2.05) is 0 Å². The first kappa shape index (κ1) is 30.7. The van der Waals surface area contributed by atoms with E-state index in [4.69, 9.17) is 18.9 Å². The lowest BCUT2D eigenvalue weighted by Crippen LogP contribution is -2.27. The van der Waals surface area contributed by atoms with Crippen LogP contribution in [0.3, 0.4) is 0 Å². The van der Waals surface area contributed by atoms with Crippen LogP contribution in [0.4, 0.5) is 11.9 Å². The number of aliphatic hydroxyl groups excluding tert-OH is 1. The maximum absolute atomic E-state index is 10.4. The van der Waals surface area contributed by atoms with E-state index in [9.17, 15) is 5.11 Å². The summed E-state index contributed by atoms with van der Waals surface area (Å²) in [6.07, 6.45) is 3.60. The monoisotopic (exact) mass is 602 g/mol. The molecule has 44 heavy (non-hydrogen) atoms. The minimum atomic E-state index is -0.395. The number of anilines is 2. The van der Waals surface area contributed by atoms with Gasteiger partial charge in [-0.2, -0.15) is 19.9 Å². The minimum Gasteiger partial charge on any atom is -0.424 e. The normalized spacial score (nSPS) is 11.9. The molecular formula is C31H38N8O5. The number of rotatable bonds is 11. The molecule has 4 aromatic rings. The zero-order valence-corrected chi connectivity index (χ0v) is 25.6. The number of nitrogens with zero attached hydrogens (tertiary/aromatic N) is 8. The Labute approximate surface area is 256 Å². The number of aromatic nitrogens is 6. The van der Waals surface area contributed by atoms with Crippen LogP contribution in [0.5, 0.6) is 47.0 Å². The van der Waals surface area contributed by atoms with Crippen molar-refractivity contribution < 1.29 is 24.1 Å². The van der Waals surface area contributed by atoms with Gasteiger partial charge in [0, 0.05) is 32.2 Å². The number of hydrogen-bond acceptors (Lipinski definition) is 13. The highest BCUT2D eigenvalue weighted by Gasteiger charge is 2.21. The summed E-state index contributed by atoms with van der Waals surface area (Å²) in [5.74, 6) is 2.29. The Morgan fingerprint density at radius 3 is 1.32 bits per heavy atom. The van der Waals surface area contributed by atoms with Gasteiger partial charge in [-0.1, -0.05) is 39.8 Å². The van der Waals surface area contributed by atoms with Gasteiger partial charge in [0.05, 0.1) is 12.2 Å². The highest BCUT2D eigenvalue weighted by Crippen LogP contribution is 2.36. The third-order valence-electron chi connectivity index (χ3n) is 6.58. The van der Waals surface area contributed by atoms with Crippen LogP contribution < -0.4 is 28.7 Å². The molecule has 8 bridgehead atoms. The molecule has 13 heteroatoms. The fourth-order valence-corrected chi connectivity index (χ4v) is 4.73. The van der Waals surface area contributed by atoms with Crippen LogP contribution in [0.2, 0.25) is 0 Å². The second-order valence-electron chi connectivity index (χ2n) is 10.1. The molecule has 2 aromatic carbocycles. The molecule has 0 spiro atoms.